The van der Waals surface area contributed by atoms with E-state index in [-0.39, 0.29) is 40.2 Å². The van der Waals surface area contributed by atoms with Crippen LogP contribution in [0.5, 0.6) is 5.88 Å². The molecule has 12 nitrogen and oxygen atoms in total. The molecular weight excluding hydrogens is 677 g/mol. The lowest BCUT2D eigenvalue weighted by Gasteiger charge is -2.44. The van der Waals surface area contributed by atoms with Crippen molar-refractivity contribution in [3.8, 4) is 17.1 Å². The molecule has 1 N–H and O–H groups in total. The van der Waals surface area contributed by atoms with E-state index < -0.39 is 22.2 Å². The number of hydrogen-bond acceptors (Lipinski definition) is 10. The number of sulfonamides is 1. The summed E-state index contributed by atoms with van der Waals surface area (Å²) in [6, 6.07) is 13.9. The molecule has 7 rings (SSSR count). The molecule has 3 aliphatic rings. The largest absolute Gasteiger partial charge is 0.471 e. The Morgan fingerprint density at radius 3 is 2.44 bits per heavy atom. The lowest BCUT2D eigenvalue weighted by Crippen LogP contribution is -2.58. The zero-order chi connectivity index (χ0) is 36.8. The van der Waals surface area contributed by atoms with Crippen molar-refractivity contribution in [1.29, 1.82) is 0 Å². The number of hydrogen-bond donors (Lipinski definition) is 1. The van der Waals surface area contributed by atoms with Crippen molar-refractivity contribution >= 4 is 27.7 Å². The van der Waals surface area contributed by atoms with E-state index in [9.17, 15) is 13.2 Å². The Hall–Kier alpha value is -4.62. The van der Waals surface area contributed by atoms with Crippen LogP contribution < -0.4 is 14.4 Å². The molecule has 0 radical (unpaired) electrons. The molecule has 1 saturated carbocycles. The number of carbonyl (C=O) groups excluding carboxylic acids is 1. The standard InChI is InChI=1S/C39H48N8O4S/c1-25-10-7-11-26(2)36(25)31-19-35-43-38(42-31)44-52(49,50)30-15-8-12-27(18-30)37(48)47(32-16-17-46(23-33(32)51-35)24-39(3,4)5)22-28-20-40-21-34(41-28)45(6)29-13-9-14-29/h7-8,10-12,15,18-21,29,32-33H,9,13-14,16-17,22-24H2,1-6H3,(H,42,43,44)/t32-,33?/m1/s1. The lowest BCUT2D eigenvalue weighted by molar-refractivity contribution is -0.00807. The third-order valence-electron chi connectivity index (χ3n) is 10.3. The molecule has 52 heavy (non-hydrogen) atoms. The Bertz CT molecular complexity index is 2060. The highest BCUT2D eigenvalue weighted by Gasteiger charge is 2.40. The summed E-state index contributed by atoms with van der Waals surface area (Å²) in [4.78, 5) is 39.8. The predicted octanol–water partition coefficient (Wildman–Crippen LogP) is 5.86. The monoisotopic (exact) mass is 724 g/mol. The number of likely N-dealkylation sites (tertiary alicyclic amines) is 1. The number of aryl methyl sites for hydroxylation is 2. The topological polar surface area (TPSA) is 134 Å². The maximum absolute atomic E-state index is 14.7. The normalized spacial score (nSPS) is 20.7. The number of nitrogens with one attached hydrogen (secondary N) is 1. The van der Waals surface area contributed by atoms with Gasteiger partial charge in [0.2, 0.25) is 11.8 Å². The highest BCUT2D eigenvalue weighted by atomic mass is 32.2. The number of ether oxygens (including phenoxy) is 1. The highest BCUT2D eigenvalue weighted by Crippen LogP contribution is 2.33. The molecule has 2 atom stereocenters. The first-order chi connectivity index (χ1) is 24.7. The van der Waals surface area contributed by atoms with E-state index in [4.69, 9.17) is 14.7 Å². The van der Waals surface area contributed by atoms with Crippen LogP contribution in [0.25, 0.3) is 11.3 Å². The maximum atomic E-state index is 14.7. The van der Waals surface area contributed by atoms with Crippen LogP contribution in [0, 0.1) is 19.3 Å². The molecule has 1 aliphatic carbocycles. The van der Waals surface area contributed by atoms with Gasteiger partial charge in [0.05, 0.1) is 41.3 Å². The second-order valence-electron chi connectivity index (χ2n) is 15.6. The van der Waals surface area contributed by atoms with Crippen LogP contribution in [-0.2, 0) is 16.6 Å². The summed E-state index contributed by atoms with van der Waals surface area (Å²) in [7, 11) is -2.15. The summed E-state index contributed by atoms with van der Waals surface area (Å²) in [5, 5.41) is 0. The SMILES string of the molecule is Cc1cccc(C)c1-c1cc2nc(n1)NS(=O)(=O)c1cccc(c1)C(=O)N(Cc1cncc(N(C)C3CCC3)n1)[C@@H]1CCN(CC(C)(C)C)CC1O2. The summed E-state index contributed by atoms with van der Waals surface area (Å²) in [6.45, 7) is 12.9. The Balaban J connectivity index is 1.36. The minimum Gasteiger partial charge on any atom is -0.471 e. The highest BCUT2D eigenvalue weighted by molar-refractivity contribution is 7.92. The Kier molecular flexibility index (Phi) is 9.68. The first-order valence-electron chi connectivity index (χ1n) is 18.1. The summed E-state index contributed by atoms with van der Waals surface area (Å²) in [6.07, 6.45) is 7.01. The van der Waals surface area contributed by atoms with E-state index in [1.807, 2.05) is 39.1 Å². The van der Waals surface area contributed by atoms with Crippen LogP contribution in [0.2, 0.25) is 0 Å². The molecule has 2 aromatic heterocycles. The van der Waals surface area contributed by atoms with Gasteiger partial charge in [0, 0.05) is 49.9 Å². The van der Waals surface area contributed by atoms with Gasteiger partial charge < -0.3 is 14.5 Å². The Morgan fingerprint density at radius 1 is 0.981 bits per heavy atom. The van der Waals surface area contributed by atoms with Gasteiger partial charge in [0.1, 0.15) is 11.9 Å². The summed E-state index contributed by atoms with van der Waals surface area (Å²) < 4.78 is 37.2. The predicted molar refractivity (Wildman–Crippen MR) is 201 cm³/mol. The molecule has 2 aliphatic heterocycles. The average Bonchev–Trinajstić information content (AvgIpc) is 3.05. The van der Waals surface area contributed by atoms with E-state index >= 15 is 0 Å². The van der Waals surface area contributed by atoms with Crippen molar-refractivity contribution in [2.45, 2.75) is 89.9 Å². The second kappa shape index (κ2) is 14.1. The fourth-order valence-electron chi connectivity index (χ4n) is 7.55. The zero-order valence-corrected chi connectivity index (χ0v) is 31.7. The summed E-state index contributed by atoms with van der Waals surface area (Å²) >= 11 is 0. The van der Waals surface area contributed by atoms with Crippen LogP contribution in [0.4, 0.5) is 11.8 Å². The third-order valence-corrected chi connectivity index (χ3v) is 11.6. The minimum absolute atomic E-state index is 0.0322. The van der Waals surface area contributed by atoms with Crippen LogP contribution in [0.3, 0.4) is 0 Å². The van der Waals surface area contributed by atoms with E-state index in [0.29, 0.717) is 30.4 Å². The number of carbonyl (C=O) groups is 1. The smallest absolute Gasteiger partial charge is 0.264 e. The lowest BCUT2D eigenvalue weighted by atomic mass is 9.92. The van der Waals surface area contributed by atoms with Crippen LogP contribution >= 0.6 is 0 Å². The molecule has 1 saturated heterocycles. The number of piperidine rings is 1. The first kappa shape index (κ1) is 35.8. The van der Waals surface area contributed by atoms with Gasteiger partial charge in [0.15, 0.2) is 0 Å². The molecule has 2 aromatic carbocycles. The number of amides is 1. The van der Waals surface area contributed by atoms with Crippen molar-refractivity contribution in [1.82, 2.24) is 29.7 Å². The molecule has 0 spiro atoms. The number of aromatic nitrogens is 4. The first-order valence-corrected chi connectivity index (χ1v) is 19.5. The molecule has 2 fully saturated rings. The quantitative estimate of drug-likeness (QED) is 0.258. The molecule has 1 unspecified atom stereocenters. The molecule has 4 bridgehead atoms. The Morgan fingerprint density at radius 2 is 1.73 bits per heavy atom. The van der Waals surface area contributed by atoms with Crippen molar-refractivity contribution in [3.63, 3.8) is 0 Å². The van der Waals surface area contributed by atoms with E-state index in [0.717, 1.165) is 48.4 Å². The van der Waals surface area contributed by atoms with E-state index in [1.165, 1.54) is 18.6 Å². The summed E-state index contributed by atoms with van der Waals surface area (Å²) in [5.74, 6) is 0.567. The number of benzene rings is 2. The zero-order valence-electron chi connectivity index (χ0n) is 30.8. The van der Waals surface area contributed by atoms with E-state index in [2.05, 4.69) is 45.3 Å². The molecule has 1 amide bonds. The molecule has 4 aromatic rings. The van der Waals surface area contributed by atoms with Gasteiger partial charge in [-0.2, -0.15) is 4.98 Å². The van der Waals surface area contributed by atoms with Gasteiger partial charge in [0.25, 0.3) is 15.9 Å². The maximum Gasteiger partial charge on any atom is 0.264 e. The average molecular weight is 725 g/mol. The molecule has 13 heteroatoms. The van der Waals surface area contributed by atoms with Gasteiger partial charge in [-0.1, -0.05) is 45.0 Å². The molecular formula is C39H48N8O4S. The fraction of sp³-hybridized carbons (Fsp3) is 0.462. The van der Waals surface area contributed by atoms with E-state index in [1.54, 1.807) is 35.5 Å². The summed E-state index contributed by atoms with van der Waals surface area (Å²) in [5.41, 5.74) is 4.30. The van der Waals surface area contributed by atoms with Crippen LogP contribution in [0.15, 0.2) is 65.8 Å². The van der Waals surface area contributed by atoms with Gasteiger partial charge in [-0.05, 0) is 74.3 Å². The molecule has 274 valence electrons. The fourth-order valence-corrected chi connectivity index (χ4v) is 8.53. The van der Waals surface area contributed by atoms with Crippen molar-refractivity contribution in [3.05, 3.63) is 83.3 Å². The van der Waals surface area contributed by atoms with Crippen LogP contribution in [0.1, 0.15) is 73.6 Å². The van der Waals surface area contributed by atoms with Crippen molar-refractivity contribution < 1.29 is 17.9 Å². The van der Waals surface area contributed by atoms with Crippen molar-refractivity contribution in [2.75, 3.05) is 36.3 Å². The number of rotatable bonds is 6. The third kappa shape index (κ3) is 7.61. The number of anilines is 2. The number of fused-ring (bicyclic) bond motifs is 5. The second-order valence-corrected chi connectivity index (χ2v) is 17.3. The number of nitrogens with zero attached hydrogens (tertiary/aromatic N) is 7. The Labute approximate surface area is 306 Å². The van der Waals surface area contributed by atoms with Crippen molar-refractivity contribution in [2.24, 2.45) is 5.41 Å². The van der Waals surface area contributed by atoms with Gasteiger partial charge in [-0.25, -0.2) is 23.1 Å². The van der Waals surface area contributed by atoms with Gasteiger partial charge >= 0.3 is 0 Å². The van der Waals surface area contributed by atoms with Gasteiger partial charge in [-0.15, -0.1) is 0 Å². The minimum atomic E-state index is -4.19. The molecule has 4 heterocycles. The van der Waals surface area contributed by atoms with Gasteiger partial charge in [-0.3, -0.25) is 14.7 Å². The van der Waals surface area contributed by atoms with Crippen LogP contribution in [-0.4, -0.2) is 88.9 Å².